The highest BCUT2D eigenvalue weighted by atomic mass is 16.6. The summed E-state index contributed by atoms with van der Waals surface area (Å²) in [5.74, 6) is -1.90. The molecule has 0 spiro atoms. The van der Waals surface area contributed by atoms with Gasteiger partial charge in [0.1, 0.15) is 6.33 Å². The molecule has 1 aromatic heterocycles. The fraction of sp³-hybridized carbons (Fsp3) is 0.100. The standard InChI is InChI=1S/C20H17N7O7/c1-2-34-20(29)13-6-3-7-14(9-13)23-17-16(27(32)33)18(22-11-21-17)24-25-19(28)12-5-4-8-15(10-12)26(30)31/h3-11H,2H2,1H3,(H,25,28)(H2,21,22,23,24). The number of amides is 1. The largest absolute Gasteiger partial charge is 0.462 e. The third-order valence-electron chi connectivity index (χ3n) is 4.25. The van der Waals surface area contributed by atoms with Gasteiger partial charge in [0.05, 0.1) is 22.0 Å². The maximum atomic E-state index is 12.3. The molecule has 0 saturated carbocycles. The number of nitrogens with zero attached hydrogens (tertiary/aromatic N) is 4. The summed E-state index contributed by atoms with van der Waals surface area (Å²) in [7, 11) is 0. The molecule has 0 aliphatic rings. The molecule has 3 rings (SSSR count). The van der Waals surface area contributed by atoms with Gasteiger partial charge in [0.15, 0.2) is 0 Å². The van der Waals surface area contributed by atoms with Gasteiger partial charge in [-0.3, -0.25) is 35.9 Å². The van der Waals surface area contributed by atoms with Crippen molar-refractivity contribution in [3.8, 4) is 0 Å². The zero-order valence-corrected chi connectivity index (χ0v) is 17.5. The summed E-state index contributed by atoms with van der Waals surface area (Å²) in [6.07, 6.45) is 1.02. The number of hydrazine groups is 1. The smallest absolute Gasteiger partial charge is 0.355 e. The molecule has 3 aromatic rings. The van der Waals surface area contributed by atoms with Crippen LogP contribution in [-0.2, 0) is 4.74 Å². The van der Waals surface area contributed by atoms with Crippen molar-refractivity contribution in [1.82, 2.24) is 15.4 Å². The minimum atomic E-state index is -0.784. The van der Waals surface area contributed by atoms with E-state index in [0.29, 0.717) is 5.69 Å². The number of non-ortho nitro benzene ring substituents is 1. The lowest BCUT2D eigenvalue weighted by atomic mass is 10.2. The van der Waals surface area contributed by atoms with Gasteiger partial charge in [0, 0.05) is 23.4 Å². The summed E-state index contributed by atoms with van der Waals surface area (Å²) in [6, 6.07) is 11.0. The van der Waals surface area contributed by atoms with Gasteiger partial charge in [0.25, 0.3) is 11.6 Å². The van der Waals surface area contributed by atoms with E-state index in [1.54, 1.807) is 19.1 Å². The van der Waals surface area contributed by atoms with Crippen LogP contribution >= 0.6 is 0 Å². The summed E-state index contributed by atoms with van der Waals surface area (Å²) >= 11 is 0. The number of carbonyl (C=O) groups excluding carboxylic acids is 2. The Labute approximate surface area is 191 Å². The molecular weight excluding hydrogens is 450 g/mol. The molecular formula is C20H17N7O7. The van der Waals surface area contributed by atoms with Crippen molar-refractivity contribution >= 4 is 40.6 Å². The summed E-state index contributed by atoms with van der Waals surface area (Å²) in [5, 5.41) is 25.3. The molecule has 0 fully saturated rings. The van der Waals surface area contributed by atoms with Crippen molar-refractivity contribution < 1.29 is 24.2 Å². The second-order valence-corrected chi connectivity index (χ2v) is 6.49. The maximum Gasteiger partial charge on any atom is 0.355 e. The first-order chi connectivity index (χ1) is 16.3. The normalized spacial score (nSPS) is 10.1. The Morgan fingerprint density at radius 3 is 2.38 bits per heavy atom. The summed E-state index contributed by atoms with van der Waals surface area (Å²) in [5.41, 5.74) is 4.16. The number of carbonyl (C=O) groups is 2. The first-order valence-corrected chi connectivity index (χ1v) is 9.64. The van der Waals surface area contributed by atoms with E-state index in [4.69, 9.17) is 4.74 Å². The number of anilines is 3. The molecule has 0 bridgehead atoms. The van der Waals surface area contributed by atoms with Gasteiger partial charge in [-0.25, -0.2) is 14.8 Å². The van der Waals surface area contributed by atoms with Crippen molar-refractivity contribution in [2.45, 2.75) is 6.92 Å². The number of esters is 1. The summed E-state index contributed by atoms with van der Waals surface area (Å²) in [4.78, 5) is 53.1. The number of aromatic nitrogens is 2. The molecule has 14 nitrogen and oxygen atoms in total. The van der Waals surface area contributed by atoms with Crippen LogP contribution in [0.25, 0.3) is 0 Å². The first-order valence-electron chi connectivity index (χ1n) is 9.64. The van der Waals surface area contributed by atoms with E-state index in [0.717, 1.165) is 12.4 Å². The van der Waals surface area contributed by atoms with Gasteiger partial charge in [-0.15, -0.1) is 0 Å². The molecule has 1 amide bonds. The lowest BCUT2D eigenvalue weighted by molar-refractivity contribution is -0.384. The number of benzene rings is 2. The monoisotopic (exact) mass is 467 g/mol. The Morgan fingerprint density at radius 1 is 0.971 bits per heavy atom. The second-order valence-electron chi connectivity index (χ2n) is 6.49. The average Bonchev–Trinajstić information content (AvgIpc) is 2.82. The Kier molecular flexibility index (Phi) is 7.23. The third-order valence-corrected chi connectivity index (χ3v) is 4.25. The fourth-order valence-corrected chi connectivity index (χ4v) is 2.76. The lowest BCUT2D eigenvalue weighted by Gasteiger charge is -2.11. The van der Waals surface area contributed by atoms with E-state index in [9.17, 15) is 29.8 Å². The molecule has 0 aliphatic heterocycles. The molecule has 0 atom stereocenters. The predicted molar refractivity (Wildman–Crippen MR) is 119 cm³/mol. The van der Waals surface area contributed by atoms with E-state index in [2.05, 4.69) is 26.1 Å². The van der Waals surface area contributed by atoms with E-state index >= 15 is 0 Å². The van der Waals surface area contributed by atoms with Crippen LogP contribution in [0.4, 0.5) is 28.7 Å². The minimum Gasteiger partial charge on any atom is -0.462 e. The number of hydrogen-bond acceptors (Lipinski definition) is 11. The third kappa shape index (κ3) is 5.56. The van der Waals surface area contributed by atoms with Crippen molar-refractivity contribution in [1.29, 1.82) is 0 Å². The molecule has 0 aliphatic carbocycles. The number of hydrogen-bond donors (Lipinski definition) is 3. The highest BCUT2D eigenvalue weighted by Crippen LogP contribution is 2.31. The summed E-state index contributed by atoms with van der Waals surface area (Å²) in [6.45, 7) is 1.85. The Morgan fingerprint density at radius 2 is 1.68 bits per heavy atom. The van der Waals surface area contributed by atoms with Crippen molar-refractivity contribution in [2.75, 3.05) is 17.3 Å². The highest BCUT2D eigenvalue weighted by molar-refractivity contribution is 5.95. The Balaban J connectivity index is 1.82. The molecule has 0 radical (unpaired) electrons. The number of rotatable bonds is 9. The minimum absolute atomic E-state index is 0.0486. The SMILES string of the molecule is CCOC(=O)c1cccc(Nc2ncnc(NNC(=O)c3cccc([N+](=O)[O-])c3)c2[N+](=O)[O-])c1. The predicted octanol–water partition coefficient (Wildman–Crippen LogP) is 2.97. The second kappa shape index (κ2) is 10.4. The van der Waals surface area contributed by atoms with E-state index in [-0.39, 0.29) is 35.1 Å². The lowest BCUT2D eigenvalue weighted by Crippen LogP contribution is -2.30. The number of nitro benzene ring substituents is 1. The quantitative estimate of drug-likeness (QED) is 0.238. The molecule has 1 heterocycles. The molecule has 14 heteroatoms. The molecule has 0 unspecified atom stereocenters. The molecule has 3 N–H and O–H groups in total. The zero-order chi connectivity index (χ0) is 24.7. The number of ether oxygens (including phenoxy) is 1. The Hall–Kier alpha value is -5.14. The first kappa shape index (κ1) is 23.5. The van der Waals surface area contributed by atoms with Crippen molar-refractivity contribution in [3.63, 3.8) is 0 Å². The van der Waals surface area contributed by atoms with E-state index < -0.39 is 27.4 Å². The highest BCUT2D eigenvalue weighted by Gasteiger charge is 2.24. The topological polar surface area (TPSA) is 192 Å². The maximum absolute atomic E-state index is 12.3. The van der Waals surface area contributed by atoms with Crippen LogP contribution in [0.2, 0.25) is 0 Å². The van der Waals surface area contributed by atoms with Gasteiger partial charge in [-0.05, 0) is 31.2 Å². The van der Waals surface area contributed by atoms with Crippen LogP contribution in [0.15, 0.2) is 54.9 Å². The van der Waals surface area contributed by atoms with Crippen LogP contribution in [0.5, 0.6) is 0 Å². The van der Waals surface area contributed by atoms with Gasteiger partial charge >= 0.3 is 11.7 Å². The number of nitrogens with one attached hydrogen (secondary N) is 3. The zero-order valence-electron chi connectivity index (χ0n) is 17.5. The van der Waals surface area contributed by atoms with Crippen molar-refractivity contribution in [3.05, 3.63) is 86.2 Å². The molecule has 0 saturated heterocycles. The fourth-order valence-electron chi connectivity index (χ4n) is 2.76. The molecule has 2 aromatic carbocycles. The van der Waals surface area contributed by atoms with E-state index in [1.807, 2.05) is 0 Å². The van der Waals surface area contributed by atoms with Crippen LogP contribution in [0.3, 0.4) is 0 Å². The van der Waals surface area contributed by atoms with Crippen LogP contribution in [-0.4, -0.2) is 38.3 Å². The number of nitro groups is 2. The molecule has 174 valence electrons. The van der Waals surface area contributed by atoms with Gasteiger partial charge in [-0.2, -0.15) is 0 Å². The van der Waals surface area contributed by atoms with Crippen LogP contribution in [0.1, 0.15) is 27.6 Å². The van der Waals surface area contributed by atoms with Gasteiger partial charge < -0.3 is 10.1 Å². The molecule has 34 heavy (non-hydrogen) atoms. The van der Waals surface area contributed by atoms with Crippen LogP contribution in [0, 0.1) is 20.2 Å². The summed E-state index contributed by atoms with van der Waals surface area (Å²) < 4.78 is 4.94. The van der Waals surface area contributed by atoms with Gasteiger partial charge in [-0.1, -0.05) is 12.1 Å². The Bertz CT molecular complexity index is 1270. The van der Waals surface area contributed by atoms with Crippen LogP contribution < -0.4 is 16.2 Å². The van der Waals surface area contributed by atoms with E-state index in [1.165, 1.54) is 30.3 Å². The van der Waals surface area contributed by atoms with Crippen molar-refractivity contribution in [2.24, 2.45) is 0 Å². The average molecular weight is 467 g/mol. The van der Waals surface area contributed by atoms with Gasteiger partial charge in [0.2, 0.25) is 11.6 Å².